The Hall–Kier alpha value is -2.40. The van der Waals surface area contributed by atoms with Gasteiger partial charge < -0.3 is 5.73 Å². The first-order valence-corrected chi connectivity index (χ1v) is 5.72. The number of nitrogen functional groups attached to an aromatic ring is 1. The van der Waals surface area contributed by atoms with E-state index in [-0.39, 0.29) is 11.4 Å². The Balaban J connectivity index is 2.83. The number of benzene rings is 2. The third kappa shape index (κ3) is 2.28. The van der Waals surface area contributed by atoms with Crippen LogP contribution < -0.4 is 5.73 Å². The van der Waals surface area contributed by atoms with Gasteiger partial charge in [-0.25, -0.2) is 0 Å². The molecule has 6 heteroatoms. The summed E-state index contributed by atoms with van der Waals surface area (Å²) in [5.41, 5.74) is 7.25. The molecule has 0 aliphatic heterocycles. The van der Waals surface area contributed by atoms with Gasteiger partial charge in [0.05, 0.1) is 4.92 Å². The predicted molar refractivity (Wildman–Crippen MR) is 77.2 cm³/mol. The molecular weight excluding hydrogens is 266 g/mol. The summed E-state index contributed by atoms with van der Waals surface area (Å²) in [6.07, 6.45) is 0. The second kappa shape index (κ2) is 5.07. The average molecular weight is 276 g/mol. The topological polar surface area (TPSA) is 81.5 Å². The van der Waals surface area contributed by atoms with Crippen molar-refractivity contribution in [2.75, 3.05) is 5.73 Å². The maximum atomic E-state index is 11.0. The molecule has 19 heavy (non-hydrogen) atoms. The van der Waals surface area contributed by atoms with E-state index in [0.29, 0.717) is 21.8 Å². The summed E-state index contributed by atoms with van der Waals surface area (Å²) in [6, 6.07) is 9.71. The highest BCUT2D eigenvalue weighted by Crippen LogP contribution is 2.43. The minimum atomic E-state index is -0.524. The highest BCUT2D eigenvalue weighted by molar-refractivity contribution is 6.33. The quantitative estimate of drug-likeness (QED) is 0.400. The van der Waals surface area contributed by atoms with Gasteiger partial charge in [0, 0.05) is 27.9 Å². The minimum Gasteiger partial charge on any atom is -0.398 e. The third-order valence-corrected chi connectivity index (χ3v) is 3.02. The smallest absolute Gasteiger partial charge is 0.295 e. The normalized spacial score (nSPS) is 10.2. The van der Waals surface area contributed by atoms with Crippen molar-refractivity contribution in [3.63, 3.8) is 0 Å². The van der Waals surface area contributed by atoms with E-state index in [4.69, 9.17) is 17.3 Å². The van der Waals surface area contributed by atoms with Crippen molar-refractivity contribution in [2.45, 2.75) is 0 Å². The molecule has 0 atom stereocenters. The molecule has 0 radical (unpaired) electrons. The summed E-state index contributed by atoms with van der Waals surface area (Å²) in [7, 11) is 0. The van der Waals surface area contributed by atoms with Crippen LogP contribution in [0.15, 0.2) is 41.4 Å². The fraction of sp³-hybridized carbons (Fsp3) is 0. The summed E-state index contributed by atoms with van der Waals surface area (Å²) in [5.74, 6) is 0. The lowest BCUT2D eigenvalue weighted by Gasteiger charge is -2.11. The Bertz CT molecular complexity index is 671. The fourth-order valence-corrected chi connectivity index (χ4v) is 2.08. The number of rotatable bonds is 3. The number of aliphatic imine (C=N–C) groups is 1. The summed E-state index contributed by atoms with van der Waals surface area (Å²) in [4.78, 5) is 14.2. The minimum absolute atomic E-state index is 0.123. The van der Waals surface area contributed by atoms with Gasteiger partial charge in [-0.1, -0.05) is 29.8 Å². The number of nitro benzene ring substituents is 1. The van der Waals surface area contributed by atoms with Gasteiger partial charge in [0.1, 0.15) is 5.69 Å². The SMILES string of the molecule is C=Nc1c([N+](=O)[O-])ccc(N)c1-c1ccccc1Cl. The lowest BCUT2D eigenvalue weighted by molar-refractivity contribution is -0.384. The molecule has 0 saturated heterocycles. The summed E-state index contributed by atoms with van der Waals surface area (Å²) < 4.78 is 0. The van der Waals surface area contributed by atoms with Crippen molar-refractivity contribution in [2.24, 2.45) is 4.99 Å². The summed E-state index contributed by atoms with van der Waals surface area (Å²) in [5, 5.41) is 11.4. The molecule has 2 N–H and O–H groups in total. The average Bonchev–Trinajstić information content (AvgIpc) is 2.39. The molecule has 96 valence electrons. The fourth-order valence-electron chi connectivity index (χ4n) is 1.85. The molecule has 2 aromatic rings. The Morgan fingerprint density at radius 1 is 1.26 bits per heavy atom. The van der Waals surface area contributed by atoms with Gasteiger partial charge in [-0.05, 0) is 18.9 Å². The van der Waals surface area contributed by atoms with Gasteiger partial charge in [0.25, 0.3) is 5.69 Å². The van der Waals surface area contributed by atoms with E-state index in [9.17, 15) is 10.1 Å². The van der Waals surface area contributed by atoms with Crippen molar-refractivity contribution in [1.82, 2.24) is 0 Å². The Labute approximate surface area is 114 Å². The predicted octanol–water partition coefficient (Wildman–Crippen LogP) is 3.83. The molecule has 2 aromatic carbocycles. The van der Waals surface area contributed by atoms with E-state index in [1.165, 1.54) is 12.1 Å². The zero-order valence-corrected chi connectivity index (χ0v) is 10.6. The number of nitro groups is 1. The molecule has 5 nitrogen and oxygen atoms in total. The van der Waals surface area contributed by atoms with Gasteiger partial charge in [-0.2, -0.15) is 0 Å². The van der Waals surface area contributed by atoms with Gasteiger partial charge in [0.2, 0.25) is 0 Å². The number of hydrogen-bond acceptors (Lipinski definition) is 4. The monoisotopic (exact) mass is 275 g/mol. The Kier molecular flexibility index (Phi) is 3.48. The molecule has 0 aliphatic rings. The van der Waals surface area contributed by atoms with Crippen molar-refractivity contribution < 1.29 is 4.92 Å². The van der Waals surface area contributed by atoms with Gasteiger partial charge in [0.15, 0.2) is 0 Å². The number of hydrogen-bond donors (Lipinski definition) is 1. The van der Waals surface area contributed by atoms with E-state index in [1.54, 1.807) is 24.3 Å². The third-order valence-electron chi connectivity index (χ3n) is 2.69. The van der Waals surface area contributed by atoms with Crippen molar-refractivity contribution in [3.05, 3.63) is 51.5 Å². The largest absolute Gasteiger partial charge is 0.398 e. The highest BCUT2D eigenvalue weighted by Gasteiger charge is 2.21. The van der Waals surface area contributed by atoms with Crippen molar-refractivity contribution in [3.8, 4) is 11.1 Å². The second-order valence-corrected chi connectivity index (χ2v) is 4.20. The van der Waals surface area contributed by atoms with Crippen LogP contribution in [0.4, 0.5) is 17.1 Å². The van der Waals surface area contributed by atoms with Crippen LogP contribution in [0, 0.1) is 10.1 Å². The van der Waals surface area contributed by atoms with Crippen molar-refractivity contribution in [1.29, 1.82) is 0 Å². The number of halogens is 1. The second-order valence-electron chi connectivity index (χ2n) is 3.79. The first-order valence-electron chi connectivity index (χ1n) is 5.34. The van der Waals surface area contributed by atoms with Gasteiger partial charge in [-0.15, -0.1) is 0 Å². The molecule has 0 aromatic heterocycles. The molecular formula is C13H10ClN3O2. The summed E-state index contributed by atoms with van der Waals surface area (Å²) in [6.45, 7) is 3.38. The lowest BCUT2D eigenvalue weighted by atomic mass is 10.0. The highest BCUT2D eigenvalue weighted by atomic mass is 35.5. The van der Waals surface area contributed by atoms with Crippen LogP contribution >= 0.6 is 11.6 Å². The van der Waals surface area contributed by atoms with E-state index < -0.39 is 4.92 Å². The van der Waals surface area contributed by atoms with E-state index in [1.807, 2.05) is 0 Å². The molecule has 0 fully saturated rings. The van der Waals surface area contributed by atoms with Crippen LogP contribution in [0.25, 0.3) is 11.1 Å². The van der Waals surface area contributed by atoms with Crippen molar-refractivity contribution >= 4 is 35.4 Å². The number of nitrogens with zero attached hydrogens (tertiary/aromatic N) is 2. The van der Waals surface area contributed by atoms with Gasteiger partial charge >= 0.3 is 0 Å². The van der Waals surface area contributed by atoms with E-state index in [0.717, 1.165) is 0 Å². The van der Waals surface area contributed by atoms with Gasteiger partial charge in [-0.3, -0.25) is 15.1 Å². The molecule has 0 heterocycles. The number of anilines is 1. The van der Waals surface area contributed by atoms with E-state index in [2.05, 4.69) is 11.7 Å². The van der Waals surface area contributed by atoms with Crippen LogP contribution in [0.3, 0.4) is 0 Å². The zero-order chi connectivity index (χ0) is 14.0. The molecule has 0 spiro atoms. The Morgan fingerprint density at radius 2 is 1.95 bits per heavy atom. The van der Waals surface area contributed by atoms with Crippen LogP contribution in [0.5, 0.6) is 0 Å². The molecule has 0 amide bonds. The first kappa shape index (κ1) is 13.0. The maximum Gasteiger partial charge on any atom is 0.295 e. The summed E-state index contributed by atoms with van der Waals surface area (Å²) >= 11 is 6.10. The van der Waals surface area contributed by atoms with Crippen LogP contribution in [-0.2, 0) is 0 Å². The maximum absolute atomic E-state index is 11.0. The Morgan fingerprint density at radius 3 is 2.53 bits per heavy atom. The molecule has 0 saturated carbocycles. The molecule has 0 aliphatic carbocycles. The molecule has 0 unspecified atom stereocenters. The first-order chi connectivity index (χ1) is 9.06. The lowest BCUT2D eigenvalue weighted by Crippen LogP contribution is -1.96. The number of nitrogens with two attached hydrogens (primary N) is 1. The van der Waals surface area contributed by atoms with Crippen LogP contribution in [-0.4, -0.2) is 11.6 Å². The molecule has 0 bridgehead atoms. The van der Waals surface area contributed by atoms with Crippen LogP contribution in [0.1, 0.15) is 0 Å². The standard InChI is InChI=1S/C13H10ClN3O2/c1-16-13-11(17(18)19)7-6-10(15)12(13)8-4-2-3-5-9(8)14/h2-7H,1,15H2. The molecule has 2 rings (SSSR count). The van der Waals surface area contributed by atoms with Crippen LogP contribution in [0.2, 0.25) is 5.02 Å². The zero-order valence-electron chi connectivity index (χ0n) is 9.84. The van der Waals surface area contributed by atoms with E-state index >= 15 is 0 Å².